The van der Waals surface area contributed by atoms with Gasteiger partial charge in [0.2, 0.25) is 10.0 Å². The van der Waals surface area contributed by atoms with Crippen molar-refractivity contribution in [1.29, 1.82) is 0 Å². The molecule has 1 heterocycles. The maximum atomic E-state index is 13.1. The number of hydrogen-bond acceptors (Lipinski definition) is 5. The van der Waals surface area contributed by atoms with Crippen LogP contribution in [0, 0.1) is 0 Å². The number of carboxylic acid groups (broad SMARTS) is 1. The van der Waals surface area contributed by atoms with E-state index in [4.69, 9.17) is 16.7 Å². The molecule has 1 fully saturated rings. The van der Waals surface area contributed by atoms with Crippen molar-refractivity contribution in [3.05, 3.63) is 41.4 Å². The molecule has 0 radical (unpaired) electrons. The molecular formula is C15H18ClNO6S2. The van der Waals surface area contributed by atoms with Crippen molar-refractivity contribution < 1.29 is 26.7 Å². The van der Waals surface area contributed by atoms with Gasteiger partial charge in [-0.05, 0) is 31.5 Å². The van der Waals surface area contributed by atoms with Crippen LogP contribution in [0.3, 0.4) is 0 Å². The number of benzene rings is 1. The van der Waals surface area contributed by atoms with E-state index in [0.29, 0.717) is 0 Å². The zero-order valence-electron chi connectivity index (χ0n) is 13.5. The number of hydrogen-bond donors (Lipinski definition) is 1. The second-order valence-electron chi connectivity index (χ2n) is 6.11. The standard InChI is InChI=1S/C15H18ClNO6S2/c1-3-7-17(15(2)6-8-24(20,21)10-15)25(22,23)13-9-11(14(18)19)4-5-12(13)16/h3-5,9H,1,6-8,10H2,2H3,(H,18,19)/t15-/m0/s1. The largest absolute Gasteiger partial charge is 0.478 e. The molecule has 1 saturated heterocycles. The molecule has 1 aromatic rings. The lowest BCUT2D eigenvalue weighted by Crippen LogP contribution is -2.50. The van der Waals surface area contributed by atoms with Crippen molar-refractivity contribution >= 4 is 37.4 Å². The number of halogens is 1. The van der Waals surface area contributed by atoms with Gasteiger partial charge in [0.1, 0.15) is 4.90 Å². The zero-order valence-corrected chi connectivity index (χ0v) is 15.9. The predicted molar refractivity (Wildman–Crippen MR) is 94.2 cm³/mol. The highest BCUT2D eigenvalue weighted by molar-refractivity contribution is 7.92. The number of aromatic carboxylic acids is 1. The molecule has 0 aromatic heterocycles. The fourth-order valence-corrected chi connectivity index (χ4v) is 7.37. The van der Waals surface area contributed by atoms with Crippen LogP contribution in [0.15, 0.2) is 35.7 Å². The lowest BCUT2D eigenvalue weighted by atomic mass is 10.0. The number of carbonyl (C=O) groups is 1. The number of nitrogens with zero attached hydrogens (tertiary/aromatic N) is 1. The van der Waals surface area contributed by atoms with E-state index in [1.54, 1.807) is 6.92 Å². The van der Waals surface area contributed by atoms with E-state index in [0.717, 1.165) is 10.4 Å². The van der Waals surface area contributed by atoms with Crippen LogP contribution in [-0.4, -0.2) is 55.8 Å². The van der Waals surface area contributed by atoms with Crippen LogP contribution in [0.5, 0.6) is 0 Å². The monoisotopic (exact) mass is 407 g/mol. The zero-order chi connectivity index (χ0) is 19.0. The smallest absolute Gasteiger partial charge is 0.335 e. The molecule has 0 spiro atoms. The van der Waals surface area contributed by atoms with Gasteiger partial charge in [0.15, 0.2) is 9.84 Å². The van der Waals surface area contributed by atoms with Crippen LogP contribution in [0.1, 0.15) is 23.7 Å². The third-order valence-corrected chi connectivity index (χ3v) is 8.52. The number of sulfonamides is 1. The molecule has 138 valence electrons. The molecule has 0 aliphatic carbocycles. The van der Waals surface area contributed by atoms with Gasteiger partial charge in [-0.1, -0.05) is 17.7 Å². The quantitative estimate of drug-likeness (QED) is 0.720. The molecule has 0 amide bonds. The molecule has 1 aromatic carbocycles. The Labute approximate surface area is 151 Å². The van der Waals surface area contributed by atoms with E-state index in [2.05, 4.69) is 6.58 Å². The molecule has 1 N–H and O–H groups in total. The van der Waals surface area contributed by atoms with Crippen LogP contribution in [0.25, 0.3) is 0 Å². The van der Waals surface area contributed by atoms with E-state index in [1.165, 1.54) is 18.2 Å². The molecule has 1 atom stereocenters. The molecule has 0 bridgehead atoms. The summed E-state index contributed by atoms with van der Waals surface area (Å²) in [5, 5.41) is 8.96. The SMILES string of the molecule is C=CCN([C@@]1(C)CCS(=O)(=O)C1)S(=O)(=O)c1cc(C(=O)O)ccc1Cl. The van der Waals surface area contributed by atoms with Crippen LogP contribution in [0.2, 0.25) is 5.02 Å². The molecular weight excluding hydrogens is 390 g/mol. The highest BCUT2D eigenvalue weighted by atomic mass is 35.5. The number of sulfone groups is 1. The Balaban J connectivity index is 2.60. The molecule has 0 unspecified atom stereocenters. The van der Waals surface area contributed by atoms with Crippen LogP contribution < -0.4 is 0 Å². The normalized spacial score (nSPS) is 22.8. The molecule has 1 aliphatic heterocycles. The minimum absolute atomic E-state index is 0.116. The van der Waals surface area contributed by atoms with Gasteiger partial charge in [-0.3, -0.25) is 0 Å². The maximum Gasteiger partial charge on any atom is 0.335 e. The fourth-order valence-electron chi connectivity index (χ4n) is 2.87. The minimum atomic E-state index is -4.24. The molecule has 25 heavy (non-hydrogen) atoms. The molecule has 0 saturated carbocycles. The Hall–Kier alpha value is -1.42. The third-order valence-electron chi connectivity index (χ3n) is 4.13. The molecule has 7 nitrogen and oxygen atoms in total. The van der Waals surface area contributed by atoms with Gasteiger partial charge in [-0.15, -0.1) is 6.58 Å². The summed E-state index contributed by atoms with van der Waals surface area (Å²) in [6.45, 7) is 4.96. The fraction of sp³-hybridized carbons (Fsp3) is 0.400. The summed E-state index contributed by atoms with van der Waals surface area (Å²) in [5.74, 6) is -1.73. The third kappa shape index (κ3) is 3.89. The van der Waals surface area contributed by atoms with Gasteiger partial charge in [-0.25, -0.2) is 21.6 Å². The second-order valence-corrected chi connectivity index (χ2v) is 10.5. The second kappa shape index (κ2) is 6.71. The van der Waals surface area contributed by atoms with Crippen LogP contribution in [-0.2, 0) is 19.9 Å². The van der Waals surface area contributed by atoms with Crippen LogP contribution >= 0.6 is 11.6 Å². The Morgan fingerprint density at radius 2 is 2.12 bits per heavy atom. The van der Waals surface area contributed by atoms with E-state index in [9.17, 15) is 21.6 Å². The topological polar surface area (TPSA) is 109 Å². The summed E-state index contributed by atoms with van der Waals surface area (Å²) < 4.78 is 51.0. The average molecular weight is 408 g/mol. The first-order valence-electron chi connectivity index (χ1n) is 7.30. The lowest BCUT2D eigenvalue weighted by molar-refractivity contribution is 0.0696. The lowest BCUT2D eigenvalue weighted by Gasteiger charge is -2.35. The number of carboxylic acids is 1. The Kier molecular flexibility index (Phi) is 5.34. The molecule has 10 heteroatoms. The summed E-state index contributed by atoms with van der Waals surface area (Å²) in [5.41, 5.74) is -1.39. The summed E-state index contributed by atoms with van der Waals surface area (Å²) in [4.78, 5) is 10.8. The van der Waals surface area contributed by atoms with Crippen LogP contribution in [0.4, 0.5) is 0 Å². The molecule has 2 rings (SSSR count). The first-order valence-corrected chi connectivity index (χ1v) is 10.9. The number of rotatable bonds is 6. The summed E-state index contributed by atoms with van der Waals surface area (Å²) in [6.07, 6.45) is 1.49. The van der Waals surface area contributed by atoms with Crippen molar-refractivity contribution in [3.63, 3.8) is 0 Å². The maximum absolute atomic E-state index is 13.1. The first kappa shape index (κ1) is 19.9. The van der Waals surface area contributed by atoms with E-state index >= 15 is 0 Å². The van der Waals surface area contributed by atoms with Crippen molar-refractivity contribution in [2.75, 3.05) is 18.1 Å². The van der Waals surface area contributed by atoms with E-state index in [1.807, 2.05) is 0 Å². The van der Waals surface area contributed by atoms with Crippen molar-refractivity contribution in [3.8, 4) is 0 Å². The predicted octanol–water partition coefficient (Wildman–Crippen LogP) is 1.79. The van der Waals surface area contributed by atoms with Crippen molar-refractivity contribution in [1.82, 2.24) is 4.31 Å². The van der Waals surface area contributed by atoms with Gasteiger partial charge >= 0.3 is 5.97 Å². The Morgan fingerprint density at radius 1 is 1.48 bits per heavy atom. The van der Waals surface area contributed by atoms with Crippen molar-refractivity contribution in [2.24, 2.45) is 0 Å². The van der Waals surface area contributed by atoms with Gasteiger partial charge in [0, 0.05) is 12.1 Å². The summed E-state index contributed by atoms with van der Waals surface area (Å²) in [6, 6.07) is 3.36. The van der Waals surface area contributed by atoms with E-state index in [-0.39, 0.29) is 40.0 Å². The minimum Gasteiger partial charge on any atom is -0.478 e. The highest BCUT2D eigenvalue weighted by Crippen LogP contribution is 2.36. The summed E-state index contributed by atoms with van der Waals surface area (Å²) >= 11 is 5.99. The summed E-state index contributed by atoms with van der Waals surface area (Å²) in [7, 11) is -7.60. The van der Waals surface area contributed by atoms with Gasteiger partial charge in [0.25, 0.3) is 0 Å². The van der Waals surface area contributed by atoms with E-state index < -0.39 is 31.4 Å². The first-order chi connectivity index (χ1) is 11.4. The molecule has 1 aliphatic rings. The Morgan fingerprint density at radius 3 is 2.60 bits per heavy atom. The highest BCUT2D eigenvalue weighted by Gasteiger charge is 2.48. The average Bonchev–Trinajstić information content (AvgIpc) is 2.78. The van der Waals surface area contributed by atoms with Crippen molar-refractivity contribution in [2.45, 2.75) is 23.8 Å². The Bertz CT molecular complexity index is 925. The van der Waals surface area contributed by atoms with Gasteiger partial charge in [-0.2, -0.15) is 4.31 Å². The van der Waals surface area contributed by atoms with Gasteiger partial charge < -0.3 is 5.11 Å². The van der Waals surface area contributed by atoms with Gasteiger partial charge in [0.05, 0.1) is 22.1 Å².